The molecule has 1 fully saturated rings. The van der Waals surface area contributed by atoms with Crippen molar-refractivity contribution in [3.05, 3.63) is 59.7 Å². The van der Waals surface area contributed by atoms with E-state index < -0.39 is 10.0 Å². The number of nitrogens with one attached hydrogen (secondary N) is 1. The van der Waals surface area contributed by atoms with Crippen LogP contribution < -0.4 is 9.62 Å². The van der Waals surface area contributed by atoms with Crippen LogP contribution in [0.3, 0.4) is 0 Å². The molecule has 0 saturated carbocycles. The van der Waals surface area contributed by atoms with E-state index >= 15 is 0 Å². The van der Waals surface area contributed by atoms with Crippen molar-refractivity contribution in [2.45, 2.75) is 25.2 Å². The number of hydrogen-bond donors (Lipinski definition) is 1. The zero-order chi connectivity index (χ0) is 24.3. The highest BCUT2D eigenvalue weighted by atomic mass is 32.2. The number of anilines is 1. The smallest absolute Gasteiger partial charge is 0.241 e. The molecule has 1 N–H and O–H groups in total. The van der Waals surface area contributed by atoms with Crippen LogP contribution in [0.2, 0.25) is 0 Å². The predicted octanol–water partition coefficient (Wildman–Crippen LogP) is 2.37. The fourth-order valence-corrected chi connectivity index (χ4v) is 5.04. The first kappa shape index (κ1) is 23.8. The van der Waals surface area contributed by atoms with Crippen molar-refractivity contribution in [2.24, 2.45) is 0 Å². The Kier molecular flexibility index (Phi) is 6.94. The highest BCUT2D eigenvalue weighted by Crippen LogP contribution is 2.24. The molecule has 4 rings (SSSR count). The lowest BCUT2D eigenvalue weighted by Gasteiger charge is -2.36. The Bertz CT molecular complexity index is 1290. The molecule has 0 aliphatic carbocycles. The van der Waals surface area contributed by atoms with Crippen LogP contribution >= 0.6 is 0 Å². The molecular weight excluding hydrogens is 461 g/mol. The average Bonchev–Trinajstić information content (AvgIpc) is 3.33. The molecule has 1 aliphatic rings. The number of rotatable bonds is 7. The van der Waals surface area contributed by atoms with E-state index in [2.05, 4.69) is 14.9 Å². The second-order valence-corrected chi connectivity index (χ2v) is 9.72. The summed E-state index contributed by atoms with van der Waals surface area (Å²) in [4.78, 5) is 20.4. The number of halogens is 1. The fourth-order valence-electron chi connectivity index (χ4n) is 3.80. The van der Waals surface area contributed by atoms with Gasteiger partial charge in [-0.2, -0.15) is 4.98 Å². The van der Waals surface area contributed by atoms with E-state index in [0.717, 1.165) is 0 Å². The van der Waals surface area contributed by atoms with E-state index in [9.17, 15) is 17.6 Å². The van der Waals surface area contributed by atoms with Crippen LogP contribution in [-0.4, -0.2) is 62.1 Å². The number of carbonyl (C=O) groups is 1. The van der Waals surface area contributed by atoms with Gasteiger partial charge in [-0.15, -0.1) is 0 Å². The van der Waals surface area contributed by atoms with E-state index in [1.165, 1.54) is 12.1 Å². The minimum absolute atomic E-state index is 0.0463. The normalized spacial score (nSPS) is 14.4. The zero-order valence-electron chi connectivity index (χ0n) is 19.0. The van der Waals surface area contributed by atoms with E-state index in [1.54, 1.807) is 42.2 Å². The Hall–Kier alpha value is -3.31. The quantitative estimate of drug-likeness (QED) is 0.545. The standard InChI is InChI=1S/C23H26FN5O4S/c1-3-21-26-23(27-33-21)17-9-8-16(2)20(14-17)34(31,32)25-15-22(30)29-12-10-28(11-13-29)19-7-5-4-6-18(19)24/h4-9,14,25H,3,10-13,15H2,1-2H3. The third-order valence-electron chi connectivity index (χ3n) is 5.75. The van der Waals surface area contributed by atoms with E-state index in [0.29, 0.717) is 61.1 Å². The fraction of sp³-hybridized carbons (Fsp3) is 0.348. The number of nitrogens with zero attached hydrogens (tertiary/aromatic N) is 4. The Morgan fingerprint density at radius 2 is 1.88 bits per heavy atom. The molecule has 2 heterocycles. The molecule has 0 bridgehead atoms. The third-order valence-corrected chi connectivity index (χ3v) is 7.29. The second-order valence-electron chi connectivity index (χ2n) is 7.99. The highest BCUT2D eigenvalue weighted by Gasteiger charge is 2.25. The summed E-state index contributed by atoms with van der Waals surface area (Å²) < 4.78 is 47.5. The summed E-state index contributed by atoms with van der Waals surface area (Å²) in [6, 6.07) is 11.4. The van der Waals surface area contributed by atoms with Crippen LogP contribution in [0.25, 0.3) is 11.4 Å². The van der Waals surface area contributed by atoms with Crippen LogP contribution in [0.4, 0.5) is 10.1 Å². The van der Waals surface area contributed by atoms with Gasteiger partial charge in [0, 0.05) is 38.2 Å². The Labute approximate surface area is 197 Å². The van der Waals surface area contributed by atoms with Gasteiger partial charge in [-0.25, -0.2) is 17.5 Å². The molecule has 1 amide bonds. The number of hydrogen-bond acceptors (Lipinski definition) is 7. The van der Waals surface area contributed by atoms with Gasteiger partial charge in [0.05, 0.1) is 17.1 Å². The molecule has 11 heteroatoms. The van der Waals surface area contributed by atoms with Gasteiger partial charge in [0.1, 0.15) is 5.82 Å². The molecule has 1 aliphatic heterocycles. The third kappa shape index (κ3) is 5.10. The summed E-state index contributed by atoms with van der Waals surface area (Å²) in [5.74, 6) is 0.117. The molecular formula is C23H26FN5O4S. The van der Waals surface area contributed by atoms with Crippen molar-refractivity contribution >= 4 is 21.6 Å². The Morgan fingerprint density at radius 3 is 2.56 bits per heavy atom. The summed E-state index contributed by atoms with van der Waals surface area (Å²) in [7, 11) is -3.96. The molecule has 0 unspecified atom stereocenters. The summed E-state index contributed by atoms with van der Waals surface area (Å²) >= 11 is 0. The summed E-state index contributed by atoms with van der Waals surface area (Å²) in [6.07, 6.45) is 0.572. The Balaban J connectivity index is 1.39. The van der Waals surface area contributed by atoms with Crippen LogP contribution in [0.1, 0.15) is 18.4 Å². The maximum atomic E-state index is 14.0. The number of carbonyl (C=O) groups excluding carboxylic acids is 1. The van der Waals surface area contributed by atoms with Gasteiger partial charge in [0.25, 0.3) is 0 Å². The van der Waals surface area contributed by atoms with Crippen LogP contribution in [0.15, 0.2) is 51.9 Å². The van der Waals surface area contributed by atoms with Gasteiger partial charge in [0.2, 0.25) is 27.6 Å². The summed E-state index contributed by atoms with van der Waals surface area (Å²) in [5, 5.41) is 3.89. The number of aromatic nitrogens is 2. The summed E-state index contributed by atoms with van der Waals surface area (Å²) in [5.41, 5.74) is 1.53. The number of para-hydroxylation sites is 1. The first-order chi connectivity index (χ1) is 16.3. The molecule has 0 atom stereocenters. The molecule has 1 saturated heterocycles. The zero-order valence-corrected chi connectivity index (χ0v) is 19.8. The first-order valence-electron chi connectivity index (χ1n) is 11.0. The monoisotopic (exact) mass is 487 g/mol. The minimum Gasteiger partial charge on any atom is -0.366 e. The number of piperazine rings is 1. The number of amides is 1. The molecule has 180 valence electrons. The van der Waals surface area contributed by atoms with Gasteiger partial charge >= 0.3 is 0 Å². The van der Waals surface area contributed by atoms with Gasteiger partial charge in [0.15, 0.2) is 0 Å². The van der Waals surface area contributed by atoms with Crippen molar-refractivity contribution in [1.29, 1.82) is 0 Å². The van der Waals surface area contributed by atoms with Gasteiger partial charge in [-0.05, 0) is 30.7 Å². The maximum Gasteiger partial charge on any atom is 0.241 e. The van der Waals surface area contributed by atoms with Crippen molar-refractivity contribution in [3.8, 4) is 11.4 Å². The van der Waals surface area contributed by atoms with Crippen molar-refractivity contribution in [3.63, 3.8) is 0 Å². The largest absolute Gasteiger partial charge is 0.366 e. The molecule has 34 heavy (non-hydrogen) atoms. The van der Waals surface area contributed by atoms with Crippen LogP contribution in [0, 0.1) is 12.7 Å². The maximum absolute atomic E-state index is 14.0. The number of sulfonamides is 1. The highest BCUT2D eigenvalue weighted by molar-refractivity contribution is 7.89. The predicted molar refractivity (Wildman–Crippen MR) is 124 cm³/mol. The number of benzene rings is 2. The molecule has 1 aromatic heterocycles. The topological polar surface area (TPSA) is 109 Å². The Morgan fingerprint density at radius 1 is 1.15 bits per heavy atom. The summed E-state index contributed by atoms with van der Waals surface area (Å²) in [6.45, 7) is 4.87. The lowest BCUT2D eigenvalue weighted by molar-refractivity contribution is -0.130. The molecule has 9 nitrogen and oxygen atoms in total. The molecule has 0 spiro atoms. The van der Waals surface area contributed by atoms with E-state index in [4.69, 9.17) is 4.52 Å². The average molecular weight is 488 g/mol. The van der Waals surface area contributed by atoms with E-state index in [1.807, 2.05) is 11.8 Å². The first-order valence-corrected chi connectivity index (χ1v) is 12.5. The molecule has 0 radical (unpaired) electrons. The van der Waals surface area contributed by atoms with Crippen molar-refractivity contribution in [1.82, 2.24) is 19.8 Å². The van der Waals surface area contributed by atoms with Gasteiger partial charge in [-0.1, -0.05) is 36.3 Å². The van der Waals surface area contributed by atoms with Crippen molar-refractivity contribution in [2.75, 3.05) is 37.6 Å². The lowest BCUT2D eigenvalue weighted by Crippen LogP contribution is -2.51. The van der Waals surface area contributed by atoms with Gasteiger partial charge < -0.3 is 14.3 Å². The van der Waals surface area contributed by atoms with Crippen molar-refractivity contribution < 1.29 is 22.1 Å². The van der Waals surface area contributed by atoms with Gasteiger partial charge in [-0.3, -0.25) is 4.79 Å². The van der Waals surface area contributed by atoms with E-state index in [-0.39, 0.29) is 23.2 Å². The van der Waals surface area contributed by atoms with Crippen LogP contribution in [0.5, 0.6) is 0 Å². The van der Waals surface area contributed by atoms with Crippen LogP contribution in [-0.2, 0) is 21.2 Å². The molecule has 2 aromatic carbocycles. The molecule has 3 aromatic rings. The minimum atomic E-state index is -3.96. The number of aryl methyl sites for hydroxylation is 2. The SMILES string of the molecule is CCc1nc(-c2ccc(C)c(S(=O)(=O)NCC(=O)N3CCN(c4ccccc4F)CC3)c2)no1. The lowest BCUT2D eigenvalue weighted by atomic mass is 10.1. The second kappa shape index (κ2) is 9.90.